The van der Waals surface area contributed by atoms with Crippen LogP contribution in [-0.2, 0) is 19.9 Å². The molecule has 21 heavy (non-hydrogen) atoms. The molecule has 4 nitrogen and oxygen atoms in total. The number of nitrogens with zero attached hydrogens (tertiary/aromatic N) is 3. The van der Waals surface area contributed by atoms with Gasteiger partial charge in [0.1, 0.15) is 5.75 Å². The van der Waals surface area contributed by atoms with Crippen LogP contribution in [0, 0.1) is 0 Å². The van der Waals surface area contributed by atoms with E-state index >= 15 is 0 Å². The van der Waals surface area contributed by atoms with Crippen LogP contribution >= 0.6 is 0 Å². The third kappa shape index (κ3) is 3.05. The van der Waals surface area contributed by atoms with Crippen LogP contribution in [0.25, 0.3) is 10.9 Å². The zero-order valence-electron chi connectivity index (χ0n) is 12.4. The van der Waals surface area contributed by atoms with Gasteiger partial charge in [-0.3, -0.25) is 4.68 Å². The maximum atomic E-state index is 5.95. The molecule has 0 amide bonds. The van der Waals surface area contributed by atoms with Crippen molar-refractivity contribution in [3.8, 4) is 5.75 Å². The van der Waals surface area contributed by atoms with Crippen molar-refractivity contribution in [1.29, 1.82) is 0 Å². The van der Waals surface area contributed by atoms with E-state index in [0.29, 0.717) is 6.61 Å². The molecule has 0 aliphatic heterocycles. The third-order valence-corrected chi connectivity index (χ3v) is 3.50. The van der Waals surface area contributed by atoms with Crippen LogP contribution in [0.15, 0.2) is 42.7 Å². The summed E-state index contributed by atoms with van der Waals surface area (Å²) in [5.74, 6) is 0.889. The summed E-state index contributed by atoms with van der Waals surface area (Å²) in [5.41, 5.74) is 3.22. The quantitative estimate of drug-likeness (QED) is 0.721. The van der Waals surface area contributed by atoms with Crippen molar-refractivity contribution in [2.75, 3.05) is 6.61 Å². The number of hydrogen-bond donors (Lipinski definition) is 0. The molecule has 3 aromatic rings. The van der Waals surface area contributed by atoms with Gasteiger partial charge in [0.05, 0.1) is 24.0 Å². The van der Waals surface area contributed by atoms with Crippen molar-refractivity contribution < 1.29 is 4.74 Å². The molecule has 0 aliphatic carbocycles. The van der Waals surface area contributed by atoms with Gasteiger partial charge in [-0.1, -0.05) is 25.1 Å². The molecule has 0 spiro atoms. The Morgan fingerprint density at radius 2 is 2.10 bits per heavy atom. The molecule has 3 rings (SSSR count). The zero-order chi connectivity index (χ0) is 14.7. The lowest BCUT2D eigenvalue weighted by molar-refractivity contribution is 0.317. The summed E-state index contributed by atoms with van der Waals surface area (Å²) in [6.45, 7) is 2.74. The topological polar surface area (TPSA) is 39.9 Å². The van der Waals surface area contributed by atoms with Gasteiger partial charge in [0.25, 0.3) is 0 Å². The van der Waals surface area contributed by atoms with Gasteiger partial charge in [-0.05, 0) is 24.1 Å². The first-order valence-electron chi connectivity index (χ1n) is 7.25. The number of para-hydroxylation sites is 1. The number of aryl methyl sites for hydroxylation is 2. The maximum Gasteiger partial charge on any atom is 0.141 e. The predicted molar refractivity (Wildman–Crippen MR) is 83.5 cm³/mol. The van der Waals surface area contributed by atoms with E-state index in [-0.39, 0.29) is 0 Å². The molecule has 4 heteroatoms. The molecule has 0 bridgehead atoms. The van der Waals surface area contributed by atoms with Crippen LogP contribution in [0.2, 0.25) is 0 Å². The second kappa shape index (κ2) is 5.95. The summed E-state index contributed by atoms with van der Waals surface area (Å²) in [7, 11) is 1.92. The Morgan fingerprint density at radius 1 is 1.24 bits per heavy atom. The number of ether oxygens (including phenoxy) is 1. The average Bonchev–Trinajstić information content (AvgIpc) is 2.92. The first kappa shape index (κ1) is 13.6. The van der Waals surface area contributed by atoms with Crippen molar-refractivity contribution >= 4 is 10.9 Å². The van der Waals surface area contributed by atoms with E-state index in [1.54, 1.807) is 0 Å². The summed E-state index contributed by atoms with van der Waals surface area (Å²) in [5, 5.41) is 5.28. The second-order valence-corrected chi connectivity index (χ2v) is 5.10. The molecular weight excluding hydrogens is 262 g/mol. The van der Waals surface area contributed by atoms with Crippen LogP contribution in [0.4, 0.5) is 0 Å². The van der Waals surface area contributed by atoms with Gasteiger partial charge in [0, 0.05) is 25.1 Å². The normalized spacial score (nSPS) is 11.0. The SMILES string of the molecule is CCc1nc2ccccc2cc1OCCc1cnn(C)c1. The number of pyridine rings is 1. The van der Waals surface area contributed by atoms with E-state index in [4.69, 9.17) is 4.74 Å². The fourth-order valence-corrected chi connectivity index (χ4v) is 2.39. The Morgan fingerprint density at radius 3 is 2.86 bits per heavy atom. The minimum Gasteiger partial charge on any atom is -0.491 e. The van der Waals surface area contributed by atoms with Crippen LogP contribution in [0.1, 0.15) is 18.2 Å². The van der Waals surface area contributed by atoms with Gasteiger partial charge >= 0.3 is 0 Å². The molecule has 0 saturated heterocycles. The zero-order valence-corrected chi connectivity index (χ0v) is 12.4. The average molecular weight is 281 g/mol. The summed E-state index contributed by atoms with van der Waals surface area (Å²) < 4.78 is 7.76. The van der Waals surface area contributed by atoms with E-state index in [0.717, 1.165) is 35.2 Å². The minimum absolute atomic E-state index is 0.638. The second-order valence-electron chi connectivity index (χ2n) is 5.10. The summed E-state index contributed by atoms with van der Waals surface area (Å²) in [4.78, 5) is 4.68. The third-order valence-electron chi connectivity index (χ3n) is 3.50. The van der Waals surface area contributed by atoms with Crippen molar-refractivity contribution in [3.63, 3.8) is 0 Å². The van der Waals surface area contributed by atoms with E-state index in [9.17, 15) is 0 Å². The molecule has 0 N–H and O–H groups in total. The van der Waals surface area contributed by atoms with Crippen LogP contribution < -0.4 is 4.74 Å². The predicted octanol–water partition coefficient (Wildman–Crippen LogP) is 3.15. The first-order chi connectivity index (χ1) is 10.3. The Balaban J connectivity index is 1.76. The summed E-state index contributed by atoms with van der Waals surface area (Å²) in [6, 6.07) is 10.2. The fourth-order valence-electron chi connectivity index (χ4n) is 2.39. The molecule has 0 fully saturated rings. The minimum atomic E-state index is 0.638. The van der Waals surface area contributed by atoms with E-state index in [2.05, 4.69) is 29.1 Å². The number of aromatic nitrogens is 3. The molecule has 2 aromatic heterocycles. The highest BCUT2D eigenvalue weighted by molar-refractivity contribution is 5.80. The number of benzene rings is 1. The lowest BCUT2D eigenvalue weighted by atomic mass is 10.1. The van der Waals surface area contributed by atoms with Gasteiger partial charge < -0.3 is 4.74 Å². The Hall–Kier alpha value is -2.36. The fraction of sp³-hybridized carbons (Fsp3) is 0.294. The van der Waals surface area contributed by atoms with Crippen LogP contribution in [0.5, 0.6) is 5.75 Å². The standard InChI is InChI=1S/C17H19N3O/c1-3-15-17(10-14-6-4-5-7-16(14)19-15)21-9-8-13-11-18-20(2)12-13/h4-7,10-12H,3,8-9H2,1-2H3. The summed E-state index contributed by atoms with van der Waals surface area (Å²) >= 11 is 0. The van der Waals surface area contributed by atoms with E-state index < -0.39 is 0 Å². The van der Waals surface area contributed by atoms with Gasteiger partial charge in [-0.2, -0.15) is 5.10 Å². The highest BCUT2D eigenvalue weighted by Crippen LogP contribution is 2.23. The van der Waals surface area contributed by atoms with Gasteiger partial charge in [-0.15, -0.1) is 0 Å². The molecule has 0 radical (unpaired) electrons. The van der Waals surface area contributed by atoms with Gasteiger partial charge in [0.2, 0.25) is 0 Å². The summed E-state index contributed by atoms with van der Waals surface area (Å²) in [6.07, 6.45) is 5.61. The highest BCUT2D eigenvalue weighted by Gasteiger charge is 2.07. The smallest absolute Gasteiger partial charge is 0.141 e. The lowest BCUT2D eigenvalue weighted by Gasteiger charge is -2.11. The van der Waals surface area contributed by atoms with Crippen LogP contribution in [0.3, 0.4) is 0 Å². The van der Waals surface area contributed by atoms with Crippen molar-refractivity contribution in [2.45, 2.75) is 19.8 Å². The lowest BCUT2D eigenvalue weighted by Crippen LogP contribution is -2.04. The largest absolute Gasteiger partial charge is 0.491 e. The molecule has 1 aromatic carbocycles. The van der Waals surface area contributed by atoms with Crippen molar-refractivity contribution in [2.24, 2.45) is 7.05 Å². The van der Waals surface area contributed by atoms with Crippen molar-refractivity contribution in [3.05, 3.63) is 54.0 Å². The number of fused-ring (bicyclic) bond motifs is 1. The molecule has 0 atom stereocenters. The molecule has 0 saturated carbocycles. The number of rotatable bonds is 5. The van der Waals surface area contributed by atoms with Crippen molar-refractivity contribution in [1.82, 2.24) is 14.8 Å². The molecule has 0 unspecified atom stereocenters. The Labute approximate surface area is 124 Å². The highest BCUT2D eigenvalue weighted by atomic mass is 16.5. The van der Waals surface area contributed by atoms with E-state index in [1.807, 2.05) is 42.3 Å². The van der Waals surface area contributed by atoms with Gasteiger partial charge in [0.15, 0.2) is 0 Å². The molecule has 108 valence electrons. The molecular formula is C17H19N3O. The maximum absolute atomic E-state index is 5.95. The Kier molecular flexibility index (Phi) is 3.86. The van der Waals surface area contributed by atoms with Gasteiger partial charge in [-0.25, -0.2) is 4.98 Å². The van der Waals surface area contributed by atoms with Crippen LogP contribution in [-0.4, -0.2) is 21.4 Å². The number of hydrogen-bond acceptors (Lipinski definition) is 3. The first-order valence-corrected chi connectivity index (χ1v) is 7.25. The monoisotopic (exact) mass is 281 g/mol. The Bertz CT molecular complexity index is 749. The molecule has 0 aliphatic rings. The van der Waals surface area contributed by atoms with E-state index in [1.165, 1.54) is 5.56 Å². The molecule has 2 heterocycles.